The summed E-state index contributed by atoms with van der Waals surface area (Å²) in [6.07, 6.45) is -1.40. The Morgan fingerprint density at radius 1 is 1.19 bits per heavy atom. The summed E-state index contributed by atoms with van der Waals surface area (Å²) >= 11 is 1.33. The van der Waals surface area contributed by atoms with Crippen molar-refractivity contribution in [3.05, 3.63) is 66.3 Å². The highest BCUT2D eigenvalue weighted by molar-refractivity contribution is 7.13. The van der Waals surface area contributed by atoms with Gasteiger partial charge in [0.15, 0.2) is 0 Å². The average Bonchev–Trinajstić information content (AvgIpc) is 2.93. The van der Waals surface area contributed by atoms with E-state index in [-0.39, 0.29) is 0 Å². The van der Waals surface area contributed by atoms with E-state index in [0.717, 1.165) is 12.1 Å². The second-order valence-corrected chi connectivity index (χ2v) is 4.87. The molecule has 1 aromatic heterocycles. The molecule has 0 radical (unpaired) electrons. The summed E-state index contributed by atoms with van der Waals surface area (Å²) in [6.45, 7) is 7.14. The Kier molecular flexibility index (Phi) is 4.37. The smallest absolute Gasteiger partial charge is 0.255 e. The molecule has 0 amide bonds. The first-order valence-electron chi connectivity index (χ1n) is 5.90. The number of aliphatic imine (C=N–C) groups is 1. The standard InChI is InChI=1S/C15H11F3N2S/c1-3-12(19-4-2)13-9-21-14(20-13)10-5-7-11(8-6-10)15(16,17)18/h3-9H,1-2H2. The van der Waals surface area contributed by atoms with Gasteiger partial charge in [-0.2, -0.15) is 13.2 Å². The number of hydrogen-bond acceptors (Lipinski definition) is 3. The van der Waals surface area contributed by atoms with Crippen molar-refractivity contribution in [1.82, 2.24) is 4.98 Å². The zero-order chi connectivity index (χ0) is 15.5. The number of halogens is 3. The predicted octanol–water partition coefficient (Wildman–Crippen LogP) is 4.95. The summed E-state index contributed by atoms with van der Waals surface area (Å²) < 4.78 is 37.5. The van der Waals surface area contributed by atoms with Crippen molar-refractivity contribution in [3.8, 4) is 10.6 Å². The minimum atomic E-state index is -4.33. The molecule has 0 aliphatic heterocycles. The van der Waals surface area contributed by atoms with E-state index in [4.69, 9.17) is 0 Å². The molecular weight excluding hydrogens is 297 g/mol. The van der Waals surface area contributed by atoms with Gasteiger partial charge < -0.3 is 0 Å². The molecule has 2 nitrogen and oxygen atoms in total. The van der Waals surface area contributed by atoms with Gasteiger partial charge in [-0.25, -0.2) is 4.98 Å². The van der Waals surface area contributed by atoms with Gasteiger partial charge in [-0.05, 0) is 18.2 Å². The molecule has 0 spiro atoms. The summed E-state index contributed by atoms with van der Waals surface area (Å²) in [7, 11) is 0. The monoisotopic (exact) mass is 308 g/mol. The molecule has 2 aromatic rings. The van der Waals surface area contributed by atoms with E-state index in [0.29, 0.717) is 22.0 Å². The minimum Gasteiger partial charge on any atom is -0.255 e. The topological polar surface area (TPSA) is 25.2 Å². The molecule has 108 valence electrons. The molecule has 2 rings (SSSR count). The molecule has 21 heavy (non-hydrogen) atoms. The van der Waals surface area contributed by atoms with Crippen LogP contribution < -0.4 is 0 Å². The molecule has 0 saturated carbocycles. The quantitative estimate of drug-likeness (QED) is 0.734. The van der Waals surface area contributed by atoms with Crippen LogP contribution in [0.15, 0.2) is 60.1 Å². The van der Waals surface area contributed by atoms with Crippen LogP contribution >= 0.6 is 11.3 Å². The van der Waals surface area contributed by atoms with E-state index in [2.05, 4.69) is 23.1 Å². The number of benzene rings is 1. The maximum atomic E-state index is 12.5. The zero-order valence-electron chi connectivity index (χ0n) is 10.9. The van der Waals surface area contributed by atoms with Crippen molar-refractivity contribution in [2.24, 2.45) is 4.99 Å². The van der Waals surface area contributed by atoms with Crippen LogP contribution in [-0.2, 0) is 6.18 Å². The highest BCUT2D eigenvalue weighted by Crippen LogP contribution is 2.31. The minimum absolute atomic E-state index is 0.569. The van der Waals surface area contributed by atoms with E-state index in [9.17, 15) is 13.2 Å². The third-order valence-electron chi connectivity index (χ3n) is 2.65. The van der Waals surface area contributed by atoms with Gasteiger partial charge >= 0.3 is 6.18 Å². The molecule has 0 aliphatic rings. The maximum absolute atomic E-state index is 12.5. The normalized spacial score (nSPS) is 12.2. The van der Waals surface area contributed by atoms with Crippen LogP contribution in [-0.4, -0.2) is 10.7 Å². The second kappa shape index (κ2) is 6.05. The molecule has 0 bridgehead atoms. The van der Waals surface area contributed by atoms with Gasteiger partial charge in [0.2, 0.25) is 0 Å². The van der Waals surface area contributed by atoms with Gasteiger partial charge in [0.1, 0.15) is 10.7 Å². The van der Waals surface area contributed by atoms with Crippen LogP contribution in [0.4, 0.5) is 13.2 Å². The van der Waals surface area contributed by atoms with E-state index in [1.807, 2.05) is 0 Å². The zero-order valence-corrected chi connectivity index (χ0v) is 11.7. The Labute approximate surface area is 124 Å². The number of rotatable bonds is 4. The Balaban J connectivity index is 2.32. The lowest BCUT2D eigenvalue weighted by Gasteiger charge is -2.06. The van der Waals surface area contributed by atoms with Crippen LogP contribution in [0.2, 0.25) is 0 Å². The number of thiazole rings is 1. The van der Waals surface area contributed by atoms with E-state index < -0.39 is 11.7 Å². The van der Waals surface area contributed by atoms with Gasteiger partial charge in [0.25, 0.3) is 0 Å². The molecule has 0 aliphatic carbocycles. The number of nitrogens with zero attached hydrogens (tertiary/aromatic N) is 2. The predicted molar refractivity (Wildman–Crippen MR) is 79.5 cm³/mol. The Morgan fingerprint density at radius 3 is 2.38 bits per heavy atom. The fourth-order valence-electron chi connectivity index (χ4n) is 1.65. The third-order valence-corrected chi connectivity index (χ3v) is 3.54. The summed E-state index contributed by atoms with van der Waals surface area (Å²) in [5, 5.41) is 2.40. The first-order valence-corrected chi connectivity index (χ1v) is 6.78. The van der Waals surface area contributed by atoms with Crippen molar-refractivity contribution in [2.75, 3.05) is 0 Å². The summed E-state index contributed by atoms with van der Waals surface area (Å²) in [4.78, 5) is 8.37. The van der Waals surface area contributed by atoms with Gasteiger partial charge in [-0.1, -0.05) is 25.3 Å². The van der Waals surface area contributed by atoms with Crippen molar-refractivity contribution in [2.45, 2.75) is 6.18 Å². The third kappa shape index (κ3) is 3.46. The van der Waals surface area contributed by atoms with Gasteiger partial charge in [-0.3, -0.25) is 4.99 Å². The van der Waals surface area contributed by atoms with Crippen molar-refractivity contribution >= 4 is 17.0 Å². The van der Waals surface area contributed by atoms with Crippen LogP contribution in [0.1, 0.15) is 11.3 Å². The van der Waals surface area contributed by atoms with Gasteiger partial charge in [0.05, 0.1) is 11.3 Å². The average molecular weight is 308 g/mol. The molecule has 0 fully saturated rings. The molecular formula is C15H11F3N2S. The Hall–Kier alpha value is -2.21. The van der Waals surface area contributed by atoms with Gasteiger partial charge in [-0.15, -0.1) is 11.3 Å². The van der Waals surface area contributed by atoms with Crippen molar-refractivity contribution < 1.29 is 13.2 Å². The van der Waals surface area contributed by atoms with Crippen LogP contribution in [0.25, 0.3) is 10.6 Å². The number of aromatic nitrogens is 1. The fourth-order valence-corrected chi connectivity index (χ4v) is 2.47. The number of allylic oxidation sites excluding steroid dienone is 1. The molecule has 0 saturated heterocycles. The number of hydrogen-bond donors (Lipinski definition) is 0. The summed E-state index contributed by atoms with van der Waals surface area (Å²) in [6, 6.07) is 4.90. The SMILES string of the molecule is C=CN=C(C=C)c1csc(-c2ccc(C(F)(F)F)cc2)n1. The first kappa shape index (κ1) is 15.2. The molecule has 1 aromatic carbocycles. The van der Waals surface area contributed by atoms with Crippen LogP contribution in [0.3, 0.4) is 0 Å². The lowest BCUT2D eigenvalue weighted by molar-refractivity contribution is -0.137. The lowest BCUT2D eigenvalue weighted by Crippen LogP contribution is -2.04. The molecule has 1 heterocycles. The molecule has 0 N–H and O–H groups in total. The largest absolute Gasteiger partial charge is 0.416 e. The first-order chi connectivity index (χ1) is 9.95. The Bertz CT molecular complexity index is 682. The Morgan fingerprint density at radius 2 is 1.86 bits per heavy atom. The van der Waals surface area contributed by atoms with Crippen LogP contribution in [0.5, 0.6) is 0 Å². The molecule has 0 atom stereocenters. The van der Waals surface area contributed by atoms with Crippen LogP contribution in [0, 0.1) is 0 Å². The highest BCUT2D eigenvalue weighted by Gasteiger charge is 2.30. The second-order valence-electron chi connectivity index (χ2n) is 4.01. The maximum Gasteiger partial charge on any atom is 0.416 e. The lowest BCUT2D eigenvalue weighted by atomic mass is 10.1. The van der Waals surface area contributed by atoms with Crippen molar-refractivity contribution in [3.63, 3.8) is 0 Å². The summed E-state index contributed by atoms with van der Waals surface area (Å²) in [5.41, 5.74) is 1.13. The van der Waals surface area contributed by atoms with Gasteiger partial charge in [0, 0.05) is 17.1 Å². The fraction of sp³-hybridized carbons (Fsp3) is 0.0667. The van der Waals surface area contributed by atoms with Crippen molar-refractivity contribution in [1.29, 1.82) is 0 Å². The van der Waals surface area contributed by atoms with E-state index in [1.165, 1.54) is 29.7 Å². The van der Waals surface area contributed by atoms with E-state index in [1.54, 1.807) is 11.5 Å². The summed E-state index contributed by atoms with van der Waals surface area (Å²) in [5.74, 6) is 0. The molecule has 6 heteroatoms. The highest BCUT2D eigenvalue weighted by atomic mass is 32.1. The van der Waals surface area contributed by atoms with E-state index >= 15 is 0 Å². The number of alkyl halides is 3. The molecule has 0 unspecified atom stereocenters.